The summed E-state index contributed by atoms with van der Waals surface area (Å²) >= 11 is 0. The van der Waals surface area contributed by atoms with Gasteiger partial charge in [-0.15, -0.1) is 0 Å². The van der Waals surface area contributed by atoms with Gasteiger partial charge >= 0.3 is 0 Å². The quantitative estimate of drug-likeness (QED) is 0.0604. The fourth-order valence-corrected chi connectivity index (χ4v) is 6.72. The molecule has 1 aliphatic heterocycles. The maximum absolute atomic E-state index is 13.8. The van der Waals surface area contributed by atoms with Crippen molar-refractivity contribution in [2.24, 2.45) is 0 Å². The molecule has 1 aliphatic rings. The third kappa shape index (κ3) is 19.0. The molecule has 16 nitrogen and oxygen atoms in total. The number of hydrogen-bond donors (Lipinski definition) is 7. The zero-order chi connectivity index (χ0) is 43.3. The topological polar surface area (TPSA) is 218 Å². The van der Waals surface area contributed by atoms with E-state index in [0.29, 0.717) is 45.2 Å². The highest BCUT2D eigenvalue weighted by molar-refractivity contribution is 5.98. The molecule has 16 heteroatoms. The molecule has 1 heterocycles. The molecule has 0 aliphatic carbocycles. The van der Waals surface area contributed by atoms with E-state index in [4.69, 9.17) is 0 Å². The number of aliphatic hydroxyl groups excluding tert-OH is 1. The summed E-state index contributed by atoms with van der Waals surface area (Å²) in [6, 6.07) is -3.28. The molecule has 7 amide bonds. The number of carbonyl (C=O) groups is 7. The molecule has 7 N–H and O–H groups in total. The summed E-state index contributed by atoms with van der Waals surface area (Å²) < 4.78 is 0. The summed E-state index contributed by atoms with van der Waals surface area (Å²) in [6.45, 7) is 14.4. The smallest absolute Gasteiger partial charge is 0.246 e. The Kier molecular flexibility index (Phi) is 23.0. The van der Waals surface area contributed by atoms with Gasteiger partial charge < -0.3 is 46.8 Å². The zero-order valence-corrected chi connectivity index (χ0v) is 36.6. The molecule has 0 aromatic carbocycles. The van der Waals surface area contributed by atoms with E-state index in [1.807, 2.05) is 25.9 Å². The Morgan fingerprint density at radius 1 is 0.754 bits per heavy atom. The molecular weight excluding hydrogens is 732 g/mol. The van der Waals surface area contributed by atoms with Crippen molar-refractivity contribution in [2.45, 2.75) is 187 Å². The average molecular weight is 809 g/mol. The first-order chi connectivity index (χ1) is 26.7. The van der Waals surface area contributed by atoms with Crippen molar-refractivity contribution in [1.82, 2.24) is 41.7 Å². The van der Waals surface area contributed by atoms with Crippen molar-refractivity contribution < 1.29 is 38.7 Å². The van der Waals surface area contributed by atoms with Gasteiger partial charge in [-0.05, 0) is 81.3 Å². The van der Waals surface area contributed by atoms with Crippen molar-refractivity contribution in [3.8, 4) is 0 Å². The lowest BCUT2D eigenvalue weighted by Gasteiger charge is -2.33. The van der Waals surface area contributed by atoms with Gasteiger partial charge in [-0.2, -0.15) is 0 Å². The summed E-state index contributed by atoms with van der Waals surface area (Å²) in [5, 5.41) is 26.9. The molecule has 1 saturated heterocycles. The predicted molar refractivity (Wildman–Crippen MR) is 221 cm³/mol. The molecule has 0 aromatic heterocycles. The molecule has 57 heavy (non-hydrogen) atoms. The van der Waals surface area contributed by atoms with Crippen LogP contribution in [0.15, 0.2) is 0 Å². The van der Waals surface area contributed by atoms with Crippen LogP contribution in [0.2, 0.25) is 0 Å². The fraction of sp³-hybridized carbons (Fsp3) is 0.829. The predicted octanol–water partition coefficient (Wildman–Crippen LogP) is 2.02. The van der Waals surface area contributed by atoms with Crippen LogP contribution in [-0.4, -0.2) is 131 Å². The third-order valence-corrected chi connectivity index (χ3v) is 10.1. The number of nitrogens with one attached hydrogen (secondary N) is 6. The van der Waals surface area contributed by atoms with Gasteiger partial charge in [0.15, 0.2) is 0 Å². The van der Waals surface area contributed by atoms with Gasteiger partial charge in [-0.3, -0.25) is 33.6 Å². The van der Waals surface area contributed by atoms with E-state index in [1.54, 1.807) is 4.90 Å². The second kappa shape index (κ2) is 25.5. The molecule has 1 fully saturated rings. The standard InChI is InChI=1S/C41H76N8O8/c1-11-13-15-16-17-19-21-30(44-36(54)31-22-20-26-49(31)33(52)23-18-14-12-2)35(53)45-34(29(4)50)37(55)46-41(7,8)39(57)47-40(5,6)38(56)42-25-24-32(51)43-28(3)27-48(9)10/h28-31,34,50H,11-27H2,1-10H3,(H,42,56)(H,43,51)(H,44,54)(H,45,53)(H,46,55)(H,47,57)/t28?,29?,30?,31-,34?/m0/s1. The SMILES string of the molecule is CCCCCCCCC(NC(=O)[C@@H]1CCCN1C(=O)CCCCC)C(=O)NC(C(=O)NC(C)(C)C(=O)NC(C)(C)C(=O)NCCC(=O)NC(C)CN(C)C)C(C)O. The second-order valence-electron chi connectivity index (χ2n) is 17.0. The molecule has 328 valence electrons. The monoisotopic (exact) mass is 809 g/mol. The minimum absolute atomic E-state index is 0.0445. The van der Waals surface area contributed by atoms with Crippen LogP contribution in [0.5, 0.6) is 0 Å². The van der Waals surface area contributed by atoms with Crippen LogP contribution in [0, 0.1) is 0 Å². The fourth-order valence-electron chi connectivity index (χ4n) is 6.72. The van der Waals surface area contributed by atoms with Gasteiger partial charge in [0.1, 0.15) is 29.2 Å². The number of hydrogen-bond acceptors (Lipinski definition) is 9. The highest BCUT2D eigenvalue weighted by atomic mass is 16.3. The lowest BCUT2D eigenvalue weighted by Crippen LogP contribution is -2.66. The van der Waals surface area contributed by atoms with Crippen molar-refractivity contribution in [3.05, 3.63) is 0 Å². The largest absolute Gasteiger partial charge is 0.391 e. The Hall–Kier alpha value is -3.79. The van der Waals surface area contributed by atoms with Crippen molar-refractivity contribution in [2.75, 3.05) is 33.7 Å². The Labute approximate surface area is 341 Å². The number of likely N-dealkylation sites (tertiary alicyclic amines) is 1. The summed E-state index contributed by atoms with van der Waals surface area (Å²) in [5.74, 6) is -3.50. The normalized spacial score (nSPS) is 16.6. The van der Waals surface area contributed by atoms with Crippen molar-refractivity contribution in [3.63, 3.8) is 0 Å². The van der Waals surface area contributed by atoms with Crippen LogP contribution in [0.1, 0.15) is 145 Å². The summed E-state index contributed by atoms with van der Waals surface area (Å²) in [6.07, 6.45) is 8.82. The van der Waals surface area contributed by atoms with E-state index in [9.17, 15) is 38.7 Å². The number of aliphatic hydroxyl groups is 1. The number of unbranched alkanes of at least 4 members (excludes halogenated alkanes) is 7. The van der Waals surface area contributed by atoms with Gasteiger partial charge in [-0.25, -0.2) is 0 Å². The molecule has 0 bridgehead atoms. The number of carbonyl (C=O) groups excluding carboxylic acids is 7. The maximum Gasteiger partial charge on any atom is 0.246 e. The third-order valence-electron chi connectivity index (χ3n) is 10.1. The van der Waals surface area contributed by atoms with E-state index < -0.39 is 64.8 Å². The van der Waals surface area contributed by atoms with Gasteiger partial charge in [0, 0.05) is 38.5 Å². The average Bonchev–Trinajstić information content (AvgIpc) is 3.61. The van der Waals surface area contributed by atoms with Crippen molar-refractivity contribution >= 4 is 41.4 Å². The second-order valence-corrected chi connectivity index (χ2v) is 17.0. The van der Waals surface area contributed by atoms with E-state index in [-0.39, 0.29) is 30.8 Å². The molecule has 1 rings (SSSR count). The number of likely N-dealkylation sites (N-methyl/N-ethyl adjacent to an activating group) is 1. The molecule has 4 unspecified atom stereocenters. The van der Waals surface area contributed by atoms with Crippen LogP contribution in [0.25, 0.3) is 0 Å². The highest BCUT2D eigenvalue weighted by Crippen LogP contribution is 2.20. The Balaban J connectivity index is 2.98. The minimum Gasteiger partial charge on any atom is -0.391 e. The number of nitrogens with zero attached hydrogens (tertiary/aromatic N) is 2. The Bertz CT molecular complexity index is 1320. The summed E-state index contributed by atoms with van der Waals surface area (Å²) in [7, 11) is 3.80. The van der Waals surface area contributed by atoms with Crippen LogP contribution < -0.4 is 31.9 Å². The number of rotatable bonds is 27. The van der Waals surface area contributed by atoms with Gasteiger partial charge in [0.05, 0.1) is 6.10 Å². The summed E-state index contributed by atoms with van der Waals surface area (Å²) in [4.78, 5) is 96.3. The molecule has 5 atom stereocenters. The molecular formula is C41H76N8O8. The van der Waals surface area contributed by atoms with Crippen LogP contribution in [-0.2, 0) is 33.6 Å². The van der Waals surface area contributed by atoms with Gasteiger partial charge in [0.2, 0.25) is 41.4 Å². The van der Waals surface area contributed by atoms with Gasteiger partial charge in [-0.1, -0.05) is 65.2 Å². The van der Waals surface area contributed by atoms with E-state index >= 15 is 0 Å². The lowest BCUT2D eigenvalue weighted by molar-refractivity contribution is -0.141. The van der Waals surface area contributed by atoms with Crippen LogP contribution in [0.3, 0.4) is 0 Å². The molecule has 0 radical (unpaired) electrons. The van der Waals surface area contributed by atoms with E-state index in [0.717, 1.165) is 51.4 Å². The zero-order valence-electron chi connectivity index (χ0n) is 36.6. The number of amides is 7. The first kappa shape index (κ1) is 51.2. The van der Waals surface area contributed by atoms with Gasteiger partial charge in [0.25, 0.3) is 0 Å². The molecule has 0 saturated carbocycles. The van der Waals surface area contributed by atoms with E-state index in [1.165, 1.54) is 34.6 Å². The van der Waals surface area contributed by atoms with Crippen LogP contribution in [0.4, 0.5) is 0 Å². The highest BCUT2D eigenvalue weighted by Gasteiger charge is 2.40. The Morgan fingerprint density at radius 2 is 1.35 bits per heavy atom. The molecule has 0 aromatic rings. The minimum atomic E-state index is -1.60. The summed E-state index contributed by atoms with van der Waals surface area (Å²) in [5.41, 5.74) is -3.03. The first-order valence-corrected chi connectivity index (χ1v) is 21.1. The van der Waals surface area contributed by atoms with Crippen LogP contribution >= 0.6 is 0 Å². The lowest BCUT2D eigenvalue weighted by atomic mass is 9.98. The van der Waals surface area contributed by atoms with E-state index in [2.05, 4.69) is 45.7 Å². The maximum atomic E-state index is 13.8. The Morgan fingerprint density at radius 3 is 1.96 bits per heavy atom. The first-order valence-electron chi connectivity index (χ1n) is 21.1. The van der Waals surface area contributed by atoms with Crippen molar-refractivity contribution in [1.29, 1.82) is 0 Å². The molecule has 0 spiro atoms.